The fourth-order valence-corrected chi connectivity index (χ4v) is 7.16. The monoisotopic (exact) mass is 452 g/mol. The van der Waals surface area contributed by atoms with Gasteiger partial charge >= 0.3 is 0 Å². The van der Waals surface area contributed by atoms with Crippen molar-refractivity contribution in [2.24, 2.45) is 29.1 Å². The molecule has 0 saturated heterocycles. The number of allylic oxidation sites excluding steroid dienone is 1. The largest absolute Gasteiger partial charge is 0.414 e. The van der Waals surface area contributed by atoms with Crippen molar-refractivity contribution < 1.29 is 13.9 Å². The molecule has 2 rings (SSSR count). The Kier molecular flexibility index (Phi) is 8.73. The highest BCUT2D eigenvalue weighted by Crippen LogP contribution is 2.59. The number of rotatable bonds is 9. The first-order chi connectivity index (χ1) is 14.2. The Morgan fingerprint density at radius 1 is 1.03 bits per heavy atom. The Morgan fingerprint density at radius 3 is 2.26 bits per heavy atom. The van der Waals surface area contributed by atoms with Gasteiger partial charge in [-0.25, -0.2) is 0 Å². The zero-order valence-corrected chi connectivity index (χ0v) is 23.5. The van der Waals surface area contributed by atoms with Crippen molar-refractivity contribution in [3.63, 3.8) is 0 Å². The van der Waals surface area contributed by atoms with Gasteiger partial charge in [0.2, 0.25) is 0 Å². The van der Waals surface area contributed by atoms with E-state index in [4.69, 9.17) is 13.9 Å². The molecular weight excluding hydrogens is 400 g/mol. The van der Waals surface area contributed by atoms with Crippen LogP contribution in [0.1, 0.15) is 87.5 Å². The van der Waals surface area contributed by atoms with Crippen molar-refractivity contribution in [3.8, 4) is 0 Å². The van der Waals surface area contributed by atoms with Crippen LogP contribution in [0.3, 0.4) is 0 Å². The predicted octanol–water partition coefficient (Wildman–Crippen LogP) is 7.82. The number of hydrogen-bond donors (Lipinski definition) is 0. The summed E-state index contributed by atoms with van der Waals surface area (Å²) in [4.78, 5) is 0. The van der Waals surface area contributed by atoms with E-state index in [0.717, 1.165) is 11.8 Å². The molecule has 0 N–H and O–H groups in total. The van der Waals surface area contributed by atoms with Crippen molar-refractivity contribution in [3.05, 3.63) is 12.2 Å². The average Bonchev–Trinajstić information content (AvgIpc) is 3.01. The minimum absolute atomic E-state index is 0.221. The molecule has 0 spiro atoms. The molecule has 0 heterocycles. The fourth-order valence-electron chi connectivity index (χ4n) is 5.77. The van der Waals surface area contributed by atoms with Gasteiger partial charge < -0.3 is 13.9 Å². The molecule has 6 atom stereocenters. The molecule has 2 aliphatic carbocycles. The molecule has 5 unspecified atom stereocenters. The second kappa shape index (κ2) is 9.99. The summed E-state index contributed by atoms with van der Waals surface area (Å²) in [6.45, 7) is 23.9. The number of methoxy groups -OCH3 is 1. The van der Waals surface area contributed by atoms with Crippen LogP contribution in [0.25, 0.3) is 0 Å². The minimum Gasteiger partial charge on any atom is -0.414 e. The summed E-state index contributed by atoms with van der Waals surface area (Å²) >= 11 is 0. The summed E-state index contributed by atoms with van der Waals surface area (Å²) in [5.41, 5.74) is 0.182. The van der Waals surface area contributed by atoms with E-state index in [2.05, 4.69) is 80.6 Å². The standard InChI is InChI=1S/C27H52O3Si/c1-20(14-15-21(2)26(6,7)29-19-28-9)22-16-17-23-24(13-12-18-27(22,23)8)30-31(10,11)25(3,4)5/h14-15,20-24H,12-13,16-19H2,1-11H3/t20?,21?,22?,23?,24?,27-/m1/s1. The van der Waals surface area contributed by atoms with Gasteiger partial charge in [-0.05, 0) is 80.8 Å². The summed E-state index contributed by atoms with van der Waals surface area (Å²) < 4.78 is 18.0. The van der Waals surface area contributed by atoms with Gasteiger partial charge in [-0.3, -0.25) is 0 Å². The third kappa shape index (κ3) is 6.05. The highest BCUT2D eigenvalue weighted by molar-refractivity contribution is 6.74. The molecule has 2 fully saturated rings. The van der Waals surface area contributed by atoms with E-state index in [1.54, 1.807) is 7.11 Å². The van der Waals surface area contributed by atoms with Crippen molar-refractivity contribution >= 4 is 8.32 Å². The summed E-state index contributed by atoms with van der Waals surface area (Å²) in [5, 5.41) is 0.280. The van der Waals surface area contributed by atoms with Crippen LogP contribution in [0, 0.1) is 29.1 Å². The topological polar surface area (TPSA) is 27.7 Å². The lowest BCUT2D eigenvalue weighted by molar-refractivity contribution is -0.128. The normalized spacial score (nSPS) is 32.3. The maximum atomic E-state index is 7.02. The minimum atomic E-state index is -1.73. The molecule has 182 valence electrons. The zero-order valence-electron chi connectivity index (χ0n) is 22.5. The number of hydrogen-bond acceptors (Lipinski definition) is 3. The maximum absolute atomic E-state index is 7.02. The van der Waals surface area contributed by atoms with Gasteiger partial charge in [-0.15, -0.1) is 0 Å². The van der Waals surface area contributed by atoms with E-state index in [1.165, 1.54) is 32.1 Å². The fraction of sp³-hybridized carbons (Fsp3) is 0.926. The SMILES string of the molecule is COCOC(C)(C)C(C)C=CC(C)C1CCC2C(O[Si](C)(C)C(C)(C)C)CCC[C@]12C. The molecular formula is C27H52O3Si. The van der Waals surface area contributed by atoms with Crippen molar-refractivity contribution in [1.82, 2.24) is 0 Å². The summed E-state index contributed by atoms with van der Waals surface area (Å²) in [7, 11) is -0.0521. The second-order valence-corrected chi connectivity index (χ2v) is 17.5. The Balaban J connectivity index is 2.09. The van der Waals surface area contributed by atoms with Crippen molar-refractivity contribution in [2.75, 3.05) is 13.9 Å². The van der Waals surface area contributed by atoms with Gasteiger partial charge in [0.1, 0.15) is 6.79 Å². The van der Waals surface area contributed by atoms with E-state index in [9.17, 15) is 0 Å². The van der Waals surface area contributed by atoms with Crippen LogP contribution in [-0.2, 0) is 13.9 Å². The van der Waals surface area contributed by atoms with Gasteiger partial charge in [-0.2, -0.15) is 0 Å². The van der Waals surface area contributed by atoms with Crippen LogP contribution in [-0.4, -0.2) is 33.9 Å². The third-order valence-corrected chi connectivity index (χ3v) is 13.9. The first-order valence-corrected chi connectivity index (χ1v) is 15.6. The molecule has 0 radical (unpaired) electrons. The van der Waals surface area contributed by atoms with Crippen molar-refractivity contribution in [1.29, 1.82) is 0 Å². The summed E-state index contributed by atoms with van der Waals surface area (Å²) in [5.74, 6) is 2.39. The highest BCUT2D eigenvalue weighted by Gasteiger charge is 2.54. The molecule has 0 bridgehead atoms. The van der Waals surface area contributed by atoms with Crippen molar-refractivity contribution in [2.45, 2.75) is 117 Å². The molecule has 0 aromatic rings. The van der Waals surface area contributed by atoms with Gasteiger partial charge in [0.15, 0.2) is 8.32 Å². The van der Waals surface area contributed by atoms with E-state index in [0.29, 0.717) is 30.1 Å². The molecule has 31 heavy (non-hydrogen) atoms. The van der Waals surface area contributed by atoms with Gasteiger partial charge in [0, 0.05) is 19.1 Å². The molecule has 2 saturated carbocycles. The molecule has 0 aromatic heterocycles. The molecule has 2 aliphatic rings. The third-order valence-electron chi connectivity index (χ3n) is 9.37. The zero-order chi connectivity index (χ0) is 23.7. The van der Waals surface area contributed by atoms with E-state index >= 15 is 0 Å². The number of ether oxygens (including phenoxy) is 2. The van der Waals surface area contributed by atoms with Gasteiger partial charge in [0.25, 0.3) is 0 Å². The first kappa shape index (κ1) is 27.1. The molecule has 0 amide bonds. The van der Waals surface area contributed by atoms with Crippen LogP contribution < -0.4 is 0 Å². The summed E-state index contributed by atoms with van der Waals surface area (Å²) in [6.07, 6.45) is 11.9. The van der Waals surface area contributed by atoms with E-state index in [-0.39, 0.29) is 10.6 Å². The van der Waals surface area contributed by atoms with Crippen LogP contribution in [0.15, 0.2) is 12.2 Å². The van der Waals surface area contributed by atoms with E-state index in [1.807, 2.05) is 0 Å². The lowest BCUT2D eigenvalue weighted by Crippen LogP contribution is -2.50. The van der Waals surface area contributed by atoms with Crippen LogP contribution >= 0.6 is 0 Å². The second-order valence-electron chi connectivity index (χ2n) is 12.8. The highest BCUT2D eigenvalue weighted by atomic mass is 28.4. The van der Waals surface area contributed by atoms with Crippen LogP contribution in [0.4, 0.5) is 0 Å². The Bertz CT molecular complexity index is 606. The lowest BCUT2D eigenvalue weighted by Gasteiger charge is -2.49. The Morgan fingerprint density at radius 2 is 1.68 bits per heavy atom. The average molecular weight is 453 g/mol. The van der Waals surface area contributed by atoms with E-state index < -0.39 is 8.32 Å². The van der Waals surface area contributed by atoms with Crippen LogP contribution in [0.2, 0.25) is 18.1 Å². The molecule has 4 heteroatoms. The van der Waals surface area contributed by atoms with Crippen LogP contribution in [0.5, 0.6) is 0 Å². The summed E-state index contributed by atoms with van der Waals surface area (Å²) in [6, 6.07) is 0. The number of fused-ring (bicyclic) bond motifs is 1. The van der Waals surface area contributed by atoms with Gasteiger partial charge in [-0.1, -0.05) is 60.1 Å². The Hall–Kier alpha value is -0.163. The smallest absolute Gasteiger partial charge is 0.192 e. The predicted molar refractivity (Wildman–Crippen MR) is 135 cm³/mol. The Labute approximate surface area is 194 Å². The quantitative estimate of drug-likeness (QED) is 0.203. The van der Waals surface area contributed by atoms with Gasteiger partial charge in [0.05, 0.1) is 5.60 Å². The molecule has 3 nitrogen and oxygen atoms in total. The lowest BCUT2D eigenvalue weighted by atomic mass is 9.62. The molecule has 0 aliphatic heterocycles. The first-order valence-electron chi connectivity index (χ1n) is 12.6. The maximum Gasteiger partial charge on any atom is 0.192 e. The molecule has 0 aromatic carbocycles.